The Hall–Kier alpha value is 0.812. The summed E-state index contributed by atoms with van der Waals surface area (Å²) in [5.74, 6) is 0. The molecule has 2 nitrogen and oxygen atoms in total. The van der Waals surface area contributed by atoms with Crippen LogP contribution in [-0.2, 0) is 20.1 Å². The normalized spacial score (nSPS) is 2.50. The van der Waals surface area contributed by atoms with Crippen molar-refractivity contribution in [2.24, 2.45) is 0 Å². The van der Waals surface area contributed by atoms with E-state index in [1.165, 1.54) is 0 Å². The third-order valence-corrected chi connectivity index (χ3v) is 0. The predicted octanol–water partition coefficient (Wildman–Crippen LogP) is -1.33. The van der Waals surface area contributed by atoms with E-state index in [0.717, 1.165) is 0 Å². The third kappa shape index (κ3) is 14.0. The van der Waals surface area contributed by atoms with Gasteiger partial charge in [0.25, 0.3) is 0 Å². The molecule has 0 unspecified atom stereocenters. The van der Waals surface area contributed by atoms with Crippen LogP contribution in [0, 0.1) is 0 Å². The molecule has 0 radical (unpaired) electrons. The van der Waals surface area contributed by atoms with Gasteiger partial charge in [-0.3, -0.25) is 0 Å². The molecular weight excluding hydrogens is 123 g/mol. The van der Waals surface area contributed by atoms with Crippen LogP contribution in [0.15, 0.2) is 0 Å². The maximum absolute atomic E-state index is 8.28. The summed E-state index contributed by atoms with van der Waals surface area (Å²) in [6.45, 7) is 0. The molecule has 0 aromatic carbocycles. The van der Waals surface area contributed by atoms with Crippen molar-refractivity contribution in [3.05, 3.63) is 0 Å². The standard InChI is InChI=1S/Al.Cu.H2O.O.H/h;;1H2;;/q;+1;;;/p-1. The Morgan fingerprint density at radius 3 is 1.50 bits per heavy atom. The molecule has 0 atom stereocenters. The van der Waals surface area contributed by atoms with Gasteiger partial charge in [0.05, 0.1) is 0 Å². The minimum atomic E-state index is 0.611. The molecule has 28 valence electrons. The fourth-order valence-corrected chi connectivity index (χ4v) is 0. The summed E-state index contributed by atoms with van der Waals surface area (Å²) >= 11 is 3.80. The summed E-state index contributed by atoms with van der Waals surface area (Å²) < 4.78 is 14.8. The van der Waals surface area contributed by atoms with E-state index in [4.69, 9.17) is 7.99 Å². The van der Waals surface area contributed by atoms with E-state index in [0.29, 0.717) is 16.2 Å². The Kier molecular flexibility index (Phi) is 101. The number of hydrogen-bond donors (Lipinski definition) is 1. The van der Waals surface area contributed by atoms with Gasteiger partial charge in [0.15, 0.2) is 0 Å². The van der Waals surface area contributed by atoms with E-state index < -0.39 is 0 Å². The Balaban J connectivity index is 0. The van der Waals surface area contributed by atoms with Crippen molar-refractivity contribution in [2.45, 2.75) is 0 Å². The van der Waals surface area contributed by atoms with Gasteiger partial charge in [-0.2, -0.15) is 0 Å². The quantitative estimate of drug-likeness (QED) is 0.407. The van der Waals surface area contributed by atoms with Gasteiger partial charge in [0, 0.05) is 0 Å². The average Bonchev–Trinajstić information content (AvgIpc) is 1.50. The van der Waals surface area contributed by atoms with Gasteiger partial charge in [-0.15, -0.1) is 0 Å². The van der Waals surface area contributed by atoms with Crippen molar-refractivity contribution in [3.8, 4) is 0 Å². The second kappa shape index (κ2) is 45.7. The fraction of sp³-hybridized carbons (Fsp3) is 0. The molecule has 0 saturated carbocycles. The van der Waals surface area contributed by atoms with E-state index in [9.17, 15) is 0 Å². The Labute approximate surface area is 41.0 Å². The van der Waals surface area contributed by atoms with Gasteiger partial charge in [-0.05, 0) is 0 Å². The van der Waals surface area contributed by atoms with Crippen LogP contribution in [0.5, 0.6) is 0 Å². The maximum atomic E-state index is 8.28. The van der Waals surface area contributed by atoms with Crippen molar-refractivity contribution in [3.63, 3.8) is 0 Å². The second-order valence-corrected chi connectivity index (χ2v) is 0. The Morgan fingerprint density at radius 2 is 1.50 bits per heavy atom. The molecule has 0 aromatic rings. The number of rotatable bonds is 0. The molecule has 0 aliphatic heterocycles. The van der Waals surface area contributed by atoms with E-state index >= 15 is 0 Å². The summed E-state index contributed by atoms with van der Waals surface area (Å²) in [6, 6.07) is 0. The zero-order chi connectivity index (χ0) is 4.00. The van der Waals surface area contributed by atoms with Crippen LogP contribution < -0.4 is 0 Å². The monoisotopic (exact) mass is 124 g/mol. The van der Waals surface area contributed by atoms with Crippen molar-refractivity contribution < 1.29 is 24.3 Å². The predicted molar refractivity (Wildman–Crippen MR) is 10.1 cm³/mol. The average molecular weight is 125 g/mol. The van der Waals surface area contributed by atoms with Crippen LogP contribution in [0.2, 0.25) is 0 Å². The molecular formula is H2AlCuO2. The summed E-state index contributed by atoms with van der Waals surface area (Å²) in [5.41, 5.74) is 0. The molecule has 0 aromatic heterocycles. The molecule has 0 amide bonds. The zero-order valence-corrected chi connectivity index (χ0v) is 4.22. The van der Waals surface area contributed by atoms with Crippen LogP contribution >= 0.6 is 0 Å². The molecule has 0 fully saturated rings. The van der Waals surface area contributed by atoms with Gasteiger partial charge in [-0.25, -0.2) is 0 Å². The van der Waals surface area contributed by atoms with Gasteiger partial charge in [0.1, 0.15) is 0 Å². The molecule has 0 heterocycles. The molecule has 1 N–H and O–H groups in total. The van der Waals surface area contributed by atoms with Gasteiger partial charge in [0.2, 0.25) is 0 Å². The Morgan fingerprint density at radius 1 is 1.50 bits per heavy atom. The van der Waals surface area contributed by atoms with Crippen LogP contribution in [0.4, 0.5) is 0 Å². The Bertz CT molecular complexity index is 6.00. The molecule has 0 aliphatic carbocycles. The van der Waals surface area contributed by atoms with E-state index in [-0.39, 0.29) is 0 Å². The number of hydrogen-bond acceptors (Lipinski definition) is 2. The van der Waals surface area contributed by atoms with Crippen LogP contribution in [0.1, 0.15) is 0 Å². The van der Waals surface area contributed by atoms with Crippen molar-refractivity contribution in [1.29, 1.82) is 0 Å². The van der Waals surface area contributed by atoms with E-state index in [1.807, 2.05) is 0 Å². The van der Waals surface area contributed by atoms with Gasteiger partial charge in [-0.1, -0.05) is 0 Å². The minimum absolute atomic E-state index is 0.611. The van der Waals surface area contributed by atoms with E-state index in [2.05, 4.69) is 16.3 Å². The SMILES string of the molecule is [OH][Cu].[O]=[AlH]. The van der Waals surface area contributed by atoms with Gasteiger partial charge >= 0.3 is 40.6 Å². The van der Waals surface area contributed by atoms with Crippen LogP contribution in [-0.4, -0.2) is 20.4 Å². The second-order valence-electron chi connectivity index (χ2n) is 0. The summed E-state index contributed by atoms with van der Waals surface area (Å²) in [5, 5.41) is 0. The molecule has 0 spiro atoms. The van der Waals surface area contributed by atoms with Crippen molar-refractivity contribution in [2.75, 3.05) is 0 Å². The molecule has 4 heteroatoms. The van der Waals surface area contributed by atoms with Gasteiger partial charge < -0.3 is 0 Å². The van der Waals surface area contributed by atoms with Crippen molar-refractivity contribution >= 4 is 16.2 Å². The first kappa shape index (κ1) is 8.84. The summed E-state index contributed by atoms with van der Waals surface area (Å²) in [7, 11) is 0. The summed E-state index contributed by atoms with van der Waals surface area (Å²) in [6.07, 6.45) is 0. The van der Waals surface area contributed by atoms with Crippen LogP contribution in [0.25, 0.3) is 0 Å². The zero-order valence-electron chi connectivity index (χ0n) is 1.86. The van der Waals surface area contributed by atoms with Crippen LogP contribution in [0.3, 0.4) is 0 Å². The van der Waals surface area contributed by atoms with E-state index in [1.54, 1.807) is 0 Å². The molecule has 0 aliphatic rings. The first-order valence-electron chi connectivity index (χ1n) is 0.424. The molecule has 4 heavy (non-hydrogen) atoms. The van der Waals surface area contributed by atoms with Crippen molar-refractivity contribution in [1.82, 2.24) is 0 Å². The third-order valence-electron chi connectivity index (χ3n) is 0. The summed E-state index contributed by atoms with van der Waals surface area (Å²) in [4.78, 5) is 0. The fourth-order valence-electron chi connectivity index (χ4n) is 0. The first-order chi connectivity index (χ1) is 2.00. The molecule has 0 saturated heterocycles. The molecule has 0 rings (SSSR count). The molecule has 0 bridgehead atoms. The topological polar surface area (TPSA) is 37.3 Å². The first-order valence-corrected chi connectivity index (χ1v) is 1.42.